The lowest BCUT2D eigenvalue weighted by molar-refractivity contribution is 0.0542. The van der Waals surface area contributed by atoms with E-state index in [-0.39, 0.29) is 6.23 Å². The first-order valence-electron chi connectivity index (χ1n) is 6.84. The van der Waals surface area contributed by atoms with Crippen LogP contribution in [-0.2, 0) is 4.74 Å². The number of benzene rings is 1. The van der Waals surface area contributed by atoms with Gasteiger partial charge in [0.05, 0.1) is 11.7 Å². The highest BCUT2D eigenvalue weighted by atomic mass is 16.5. The van der Waals surface area contributed by atoms with Gasteiger partial charge in [0.2, 0.25) is 0 Å². The quantitative estimate of drug-likeness (QED) is 0.715. The summed E-state index contributed by atoms with van der Waals surface area (Å²) < 4.78 is 5.65. The van der Waals surface area contributed by atoms with Crippen LogP contribution in [0.5, 0.6) is 0 Å². The average Bonchev–Trinajstić information content (AvgIpc) is 2.39. The molecular formula is C15H21N3O. The van der Waals surface area contributed by atoms with Gasteiger partial charge in [-0.05, 0) is 24.5 Å². The lowest BCUT2D eigenvalue weighted by Crippen LogP contribution is -2.60. The molecule has 0 bridgehead atoms. The molecule has 3 atom stereocenters. The molecule has 3 rings (SSSR count). The Morgan fingerprint density at radius 1 is 1.37 bits per heavy atom. The van der Waals surface area contributed by atoms with E-state index in [0.717, 1.165) is 13.0 Å². The van der Waals surface area contributed by atoms with E-state index >= 15 is 0 Å². The summed E-state index contributed by atoms with van der Waals surface area (Å²) in [5, 5.41) is 10.4. The molecule has 3 unspecified atom stereocenters. The second-order valence-corrected chi connectivity index (χ2v) is 5.20. The van der Waals surface area contributed by atoms with Crippen LogP contribution in [0, 0.1) is 6.92 Å². The molecular weight excluding hydrogens is 238 g/mol. The van der Waals surface area contributed by atoms with E-state index in [2.05, 4.69) is 47.1 Å². The summed E-state index contributed by atoms with van der Waals surface area (Å²) in [6.45, 7) is 3.14. The van der Waals surface area contributed by atoms with Gasteiger partial charge in [-0.15, -0.1) is 0 Å². The van der Waals surface area contributed by atoms with Crippen LogP contribution < -0.4 is 16.0 Å². The molecule has 0 amide bonds. The minimum Gasteiger partial charge on any atom is -0.385 e. The van der Waals surface area contributed by atoms with Crippen LogP contribution in [0.4, 0.5) is 0 Å². The Hall–Kier alpha value is -1.52. The zero-order chi connectivity index (χ0) is 13.2. The number of piperidine rings is 1. The van der Waals surface area contributed by atoms with Crippen molar-refractivity contribution in [3.05, 3.63) is 47.3 Å². The van der Waals surface area contributed by atoms with Crippen molar-refractivity contribution in [2.24, 2.45) is 0 Å². The van der Waals surface area contributed by atoms with Crippen molar-refractivity contribution in [1.82, 2.24) is 16.0 Å². The first-order chi connectivity index (χ1) is 9.29. The lowest BCUT2D eigenvalue weighted by atomic mass is 9.93. The highest BCUT2D eigenvalue weighted by Gasteiger charge is 2.34. The number of hydrogen-bond acceptors (Lipinski definition) is 4. The normalized spacial score (nSPS) is 26.3. The van der Waals surface area contributed by atoms with Gasteiger partial charge in [-0.3, -0.25) is 5.32 Å². The number of hydrogen-bond donors (Lipinski definition) is 3. The number of fused-ring (bicyclic) bond motifs is 1. The van der Waals surface area contributed by atoms with Crippen LogP contribution >= 0.6 is 0 Å². The van der Waals surface area contributed by atoms with E-state index in [9.17, 15) is 0 Å². The Kier molecular flexibility index (Phi) is 3.44. The maximum absolute atomic E-state index is 5.65. The number of methoxy groups -OCH3 is 1. The van der Waals surface area contributed by atoms with E-state index in [0.29, 0.717) is 12.1 Å². The molecule has 0 aliphatic carbocycles. The van der Waals surface area contributed by atoms with E-state index in [1.165, 1.54) is 16.8 Å². The third-order valence-corrected chi connectivity index (χ3v) is 4.01. The van der Waals surface area contributed by atoms with Gasteiger partial charge in [-0.25, -0.2) is 0 Å². The molecule has 102 valence electrons. The van der Waals surface area contributed by atoms with Crippen molar-refractivity contribution >= 4 is 0 Å². The van der Waals surface area contributed by atoms with Gasteiger partial charge in [0.25, 0.3) is 0 Å². The molecule has 19 heavy (non-hydrogen) atoms. The van der Waals surface area contributed by atoms with Crippen LogP contribution in [0.15, 0.2) is 36.2 Å². The van der Waals surface area contributed by atoms with Crippen LogP contribution in [0.25, 0.3) is 0 Å². The van der Waals surface area contributed by atoms with Crippen LogP contribution in [0.1, 0.15) is 23.8 Å². The predicted molar refractivity (Wildman–Crippen MR) is 75.5 cm³/mol. The largest absolute Gasteiger partial charge is 0.385 e. The molecule has 4 nitrogen and oxygen atoms in total. The number of rotatable bonds is 4. The van der Waals surface area contributed by atoms with Crippen molar-refractivity contribution in [1.29, 1.82) is 0 Å². The fraction of sp³-hybridized carbons (Fsp3) is 0.467. The Morgan fingerprint density at radius 3 is 2.89 bits per heavy atom. The average molecular weight is 259 g/mol. The Bertz CT molecular complexity index is 486. The molecule has 2 aliphatic rings. The summed E-state index contributed by atoms with van der Waals surface area (Å²) in [5.41, 5.74) is 3.78. The fourth-order valence-electron chi connectivity index (χ4n) is 2.84. The minimum atomic E-state index is -0.0482. The monoisotopic (exact) mass is 259 g/mol. The van der Waals surface area contributed by atoms with Crippen molar-refractivity contribution in [3.8, 4) is 0 Å². The molecule has 1 fully saturated rings. The third-order valence-electron chi connectivity index (χ3n) is 4.01. The third kappa shape index (κ3) is 2.33. The summed E-state index contributed by atoms with van der Waals surface area (Å²) >= 11 is 0. The smallest absolute Gasteiger partial charge is 0.134 e. The second kappa shape index (κ2) is 5.23. The van der Waals surface area contributed by atoms with Crippen LogP contribution in [0.3, 0.4) is 0 Å². The second-order valence-electron chi connectivity index (χ2n) is 5.20. The summed E-state index contributed by atoms with van der Waals surface area (Å²) in [6.07, 6.45) is 3.10. The van der Waals surface area contributed by atoms with Crippen molar-refractivity contribution < 1.29 is 4.74 Å². The SMILES string of the molecule is COC(NC1CCNC2=CNC21)c1ccccc1C. The van der Waals surface area contributed by atoms with Crippen molar-refractivity contribution in [2.45, 2.75) is 31.7 Å². The molecule has 3 N–H and O–H groups in total. The van der Waals surface area contributed by atoms with Gasteiger partial charge >= 0.3 is 0 Å². The summed E-state index contributed by atoms with van der Waals surface area (Å²) in [6, 6.07) is 9.18. The van der Waals surface area contributed by atoms with E-state index in [4.69, 9.17) is 4.74 Å². The molecule has 1 aromatic carbocycles. The highest BCUT2D eigenvalue weighted by molar-refractivity contribution is 5.29. The standard InChI is InChI=1S/C15H21N3O/c1-10-5-3-4-6-11(10)15(19-2)18-12-7-8-16-13-9-17-14(12)13/h3-6,9,12,14-18H,7-8H2,1-2H3. The van der Waals surface area contributed by atoms with E-state index in [1.54, 1.807) is 7.11 Å². The lowest BCUT2D eigenvalue weighted by Gasteiger charge is -2.42. The Balaban J connectivity index is 1.73. The molecule has 0 spiro atoms. The number of aryl methyl sites for hydroxylation is 1. The predicted octanol–water partition coefficient (Wildman–Crippen LogP) is 1.40. The zero-order valence-corrected chi connectivity index (χ0v) is 11.4. The van der Waals surface area contributed by atoms with E-state index in [1.807, 2.05) is 6.20 Å². The zero-order valence-electron chi connectivity index (χ0n) is 11.4. The molecule has 0 saturated carbocycles. The van der Waals surface area contributed by atoms with Gasteiger partial charge in [-0.1, -0.05) is 24.3 Å². The van der Waals surface area contributed by atoms with Crippen molar-refractivity contribution in [2.75, 3.05) is 13.7 Å². The molecule has 0 radical (unpaired) electrons. The first-order valence-corrected chi connectivity index (χ1v) is 6.84. The molecule has 2 heterocycles. The maximum Gasteiger partial charge on any atom is 0.134 e. The molecule has 4 heteroatoms. The van der Waals surface area contributed by atoms with E-state index < -0.39 is 0 Å². The molecule has 1 aromatic rings. The van der Waals surface area contributed by atoms with Gasteiger partial charge in [0.1, 0.15) is 6.23 Å². The number of nitrogens with one attached hydrogen (secondary N) is 3. The Labute approximate surface area is 114 Å². The minimum absolute atomic E-state index is 0.0482. The fourth-order valence-corrected chi connectivity index (χ4v) is 2.84. The molecule has 1 saturated heterocycles. The summed E-state index contributed by atoms with van der Waals surface area (Å²) in [5.74, 6) is 0. The number of ether oxygens (including phenoxy) is 1. The molecule has 0 aromatic heterocycles. The maximum atomic E-state index is 5.65. The Morgan fingerprint density at radius 2 is 2.21 bits per heavy atom. The van der Waals surface area contributed by atoms with Gasteiger partial charge < -0.3 is 15.4 Å². The molecule has 2 aliphatic heterocycles. The highest BCUT2D eigenvalue weighted by Crippen LogP contribution is 2.24. The summed E-state index contributed by atoms with van der Waals surface area (Å²) in [4.78, 5) is 0. The van der Waals surface area contributed by atoms with Gasteiger partial charge in [0.15, 0.2) is 0 Å². The van der Waals surface area contributed by atoms with Crippen molar-refractivity contribution in [3.63, 3.8) is 0 Å². The van der Waals surface area contributed by atoms with Crippen LogP contribution in [-0.4, -0.2) is 25.7 Å². The first kappa shape index (κ1) is 12.5. The van der Waals surface area contributed by atoms with Gasteiger partial charge in [-0.2, -0.15) is 0 Å². The topological polar surface area (TPSA) is 45.3 Å². The summed E-state index contributed by atoms with van der Waals surface area (Å²) in [7, 11) is 1.76. The van der Waals surface area contributed by atoms with Crippen LogP contribution in [0.2, 0.25) is 0 Å². The van der Waals surface area contributed by atoms with Gasteiger partial charge in [0, 0.05) is 25.9 Å².